The minimum absolute atomic E-state index is 0.703. The molecule has 16 heavy (non-hydrogen) atoms. The maximum Gasteiger partial charge on any atom is 0.128 e. The molecule has 0 bridgehead atoms. The molecule has 0 N–H and O–H groups in total. The van der Waals surface area contributed by atoms with Gasteiger partial charge in [-0.25, -0.2) is 4.98 Å². The Morgan fingerprint density at radius 1 is 1.12 bits per heavy atom. The van der Waals surface area contributed by atoms with Gasteiger partial charge >= 0.3 is 0 Å². The molecule has 0 saturated heterocycles. The van der Waals surface area contributed by atoms with Crippen molar-refractivity contribution in [3.63, 3.8) is 0 Å². The minimum atomic E-state index is 0.703. The predicted octanol–water partition coefficient (Wildman–Crippen LogP) is 4.14. The van der Waals surface area contributed by atoms with Crippen LogP contribution in [0, 0.1) is 0 Å². The number of unbranched alkanes of at least 4 members (excludes halogenated alkanes) is 2. The number of hydrogen-bond donors (Lipinski definition) is 0. The molecule has 0 atom stereocenters. The molecule has 1 aromatic rings. The van der Waals surface area contributed by atoms with Gasteiger partial charge in [0.25, 0.3) is 0 Å². The fourth-order valence-electron chi connectivity index (χ4n) is 1.59. The number of halogens is 1. The van der Waals surface area contributed by atoms with Crippen LogP contribution in [-0.2, 0) is 0 Å². The van der Waals surface area contributed by atoms with Crippen LogP contribution in [0.4, 0.5) is 5.82 Å². The Morgan fingerprint density at radius 2 is 1.75 bits per heavy atom. The average molecular weight is 241 g/mol. The first kappa shape index (κ1) is 13.3. The first-order valence-corrected chi connectivity index (χ1v) is 6.52. The SMILES string of the molecule is CCCCN(CCCC)c1ccc(Cl)cn1. The Labute approximate surface area is 104 Å². The molecule has 1 aromatic heterocycles. The van der Waals surface area contributed by atoms with Crippen molar-refractivity contribution in [3.05, 3.63) is 23.4 Å². The third-order valence-electron chi connectivity index (χ3n) is 2.60. The highest BCUT2D eigenvalue weighted by Crippen LogP contribution is 2.15. The lowest BCUT2D eigenvalue weighted by Crippen LogP contribution is -2.26. The van der Waals surface area contributed by atoms with E-state index in [2.05, 4.69) is 23.7 Å². The standard InChI is InChI=1S/C13H21ClN2/c1-3-5-9-16(10-6-4-2)13-8-7-12(14)11-15-13/h7-8,11H,3-6,9-10H2,1-2H3. The van der Waals surface area contributed by atoms with E-state index in [1.807, 2.05) is 12.1 Å². The maximum absolute atomic E-state index is 5.84. The molecule has 1 heterocycles. The summed E-state index contributed by atoms with van der Waals surface area (Å²) in [7, 11) is 0. The van der Waals surface area contributed by atoms with Crippen molar-refractivity contribution >= 4 is 17.4 Å². The van der Waals surface area contributed by atoms with Crippen LogP contribution in [0.3, 0.4) is 0 Å². The highest BCUT2D eigenvalue weighted by molar-refractivity contribution is 6.30. The van der Waals surface area contributed by atoms with Crippen molar-refractivity contribution < 1.29 is 0 Å². The number of anilines is 1. The second kappa shape index (κ2) is 7.50. The molecule has 0 aliphatic carbocycles. The van der Waals surface area contributed by atoms with Crippen molar-refractivity contribution in [2.24, 2.45) is 0 Å². The Hall–Kier alpha value is -0.760. The van der Waals surface area contributed by atoms with Crippen LogP contribution in [0.15, 0.2) is 18.3 Å². The lowest BCUT2D eigenvalue weighted by molar-refractivity contribution is 0.671. The van der Waals surface area contributed by atoms with Gasteiger partial charge in [-0.15, -0.1) is 0 Å². The van der Waals surface area contributed by atoms with Gasteiger partial charge in [0.15, 0.2) is 0 Å². The van der Waals surface area contributed by atoms with Crippen LogP contribution in [0.2, 0.25) is 5.02 Å². The molecule has 0 fully saturated rings. The van der Waals surface area contributed by atoms with E-state index in [1.165, 1.54) is 25.7 Å². The molecule has 0 aliphatic rings. The van der Waals surface area contributed by atoms with Gasteiger partial charge in [0, 0.05) is 19.3 Å². The monoisotopic (exact) mass is 240 g/mol. The zero-order valence-corrected chi connectivity index (χ0v) is 11.0. The van der Waals surface area contributed by atoms with E-state index in [0.717, 1.165) is 18.9 Å². The summed E-state index contributed by atoms with van der Waals surface area (Å²) < 4.78 is 0. The summed E-state index contributed by atoms with van der Waals surface area (Å²) in [4.78, 5) is 6.73. The second-order valence-electron chi connectivity index (χ2n) is 4.03. The summed E-state index contributed by atoms with van der Waals surface area (Å²) in [5.74, 6) is 1.05. The maximum atomic E-state index is 5.84. The highest BCUT2D eigenvalue weighted by atomic mass is 35.5. The number of nitrogens with zero attached hydrogens (tertiary/aromatic N) is 2. The fraction of sp³-hybridized carbons (Fsp3) is 0.615. The van der Waals surface area contributed by atoms with E-state index in [-0.39, 0.29) is 0 Å². The first-order chi connectivity index (χ1) is 7.77. The summed E-state index contributed by atoms with van der Waals surface area (Å²) in [6, 6.07) is 3.92. The van der Waals surface area contributed by atoms with E-state index < -0.39 is 0 Å². The number of hydrogen-bond acceptors (Lipinski definition) is 2. The predicted molar refractivity (Wildman–Crippen MR) is 71.3 cm³/mol. The van der Waals surface area contributed by atoms with Crippen molar-refractivity contribution in [2.75, 3.05) is 18.0 Å². The van der Waals surface area contributed by atoms with E-state index in [1.54, 1.807) is 6.20 Å². The third-order valence-corrected chi connectivity index (χ3v) is 2.82. The summed E-state index contributed by atoms with van der Waals surface area (Å²) >= 11 is 5.84. The highest BCUT2D eigenvalue weighted by Gasteiger charge is 2.06. The van der Waals surface area contributed by atoms with Crippen molar-refractivity contribution in [3.8, 4) is 0 Å². The van der Waals surface area contributed by atoms with Crippen LogP contribution in [0.5, 0.6) is 0 Å². The van der Waals surface area contributed by atoms with Crippen LogP contribution < -0.4 is 4.90 Å². The van der Waals surface area contributed by atoms with Crippen LogP contribution in [0.25, 0.3) is 0 Å². The summed E-state index contributed by atoms with van der Waals surface area (Å²) in [5, 5.41) is 0.703. The summed E-state index contributed by atoms with van der Waals surface area (Å²) in [6.45, 7) is 6.61. The van der Waals surface area contributed by atoms with Gasteiger partial charge in [-0.1, -0.05) is 38.3 Å². The number of pyridine rings is 1. The molecule has 0 aliphatic heterocycles. The molecule has 2 nitrogen and oxygen atoms in total. The zero-order valence-electron chi connectivity index (χ0n) is 10.2. The molecule has 0 aromatic carbocycles. The smallest absolute Gasteiger partial charge is 0.128 e. The van der Waals surface area contributed by atoms with Gasteiger partial charge in [0.1, 0.15) is 5.82 Å². The molecular weight excluding hydrogens is 220 g/mol. The zero-order chi connectivity index (χ0) is 11.8. The topological polar surface area (TPSA) is 16.1 Å². The first-order valence-electron chi connectivity index (χ1n) is 6.14. The minimum Gasteiger partial charge on any atom is -0.357 e. The fourth-order valence-corrected chi connectivity index (χ4v) is 1.71. The molecule has 0 amide bonds. The van der Waals surface area contributed by atoms with Crippen LogP contribution >= 0.6 is 11.6 Å². The van der Waals surface area contributed by atoms with Crippen molar-refractivity contribution in [1.82, 2.24) is 4.98 Å². The van der Waals surface area contributed by atoms with Crippen molar-refractivity contribution in [2.45, 2.75) is 39.5 Å². The Bertz CT molecular complexity index is 276. The van der Waals surface area contributed by atoms with Gasteiger partial charge in [-0.2, -0.15) is 0 Å². The van der Waals surface area contributed by atoms with E-state index in [9.17, 15) is 0 Å². The Balaban J connectivity index is 2.62. The molecule has 0 radical (unpaired) electrons. The summed E-state index contributed by atoms with van der Waals surface area (Å²) in [5.41, 5.74) is 0. The molecule has 0 spiro atoms. The van der Waals surface area contributed by atoms with Gasteiger partial charge in [0.2, 0.25) is 0 Å². The molecule has 1 rings (SSSR count). The van der Waals surface area contributed by atoms with Gasteiger partial charge < -0.3 is 4.90 Å². The average Bonchev–Trinajstić information content (AvgIpc) is 2.31. The van der Waals surface area contributed by atoms with Crippen LogP contribution in [0.1, 0.15) is 39.5 Å². The number of aromatic nitrogens is 1. The lowest BCUT2D eigenvalue weighted by Gasteiger charge is -2.23. The van der Waals surface area contributed by atoms with Crippen LogP contribution in [-0.4, -0.2) is 18.1 Å². The molecule has 0 unspecified atom stereocenters. The van der Waals surface area contributed by atoms with Gasteiger partial charge in [0.05, 0.1) is 5.02 Å². The number of rotatable bonds is 7. The van der Waals surface area contributed by atoms with E-state index in [0.29, 0.717) is 5.02 Å². The Morgan fingerprint density at radius 3 is 2.19 bits per heavy atom. The molecule has 0 saturated carbocycles. The third kappa shape index (κ3) is 4.40. The van der Waals surface area contributed by atoms with E-state index in [4.69, 9.17) is 11.6 Å². The lowest BCUT2D eigenvalue weighted by atomic mass is 10.2. The molecule has 90 valence electrons. The second-order valence-corrected chi connectivity index (χ2v) is 4.47. The normalized spacial score (nSPS) is 10.4. The quantitative estimate of drug-likeness (QED) is 0.712. The van der Waals surface area contributed by atoms with Gasteiger partial charge in [-0.3, -0.25) is 0 Å². The Kier molecular flexibility index (Phi) is 6.24. The van der Waals surface area contributed by atoms with Gasteiger partial charge in [-0.05, 0) is 25.0 Å². The van der Waals surface area contributed by atoms with Crippen molar-refractivity contribution in [1.29, 1.82) is 0 Å². The summed E-state index contributed by atoms with van der Waals surface area (Å²) in [6.07, 6.45) is 6.59. The molecule has 3 heteroatoms. The molecular formula is C13H21ClN2. The van der Waals surface area contributed by atoms with E-state index >= 15 is 0 Å². The largest absolute Gasteiger partial charge is 0.357 e.